The first-order chi connectivity index (χ1) is 45.9. The topological polar surface area (TPSA) is 321 Å². The zero-order valence-electron chi connectivity index (χ0n) is 64.2. The van der Waals surface area contributed by atoms with Crippen LogP contribution >= 0.6 is 0 Å². The molecule has 0 bridgehead atoms. The Bertz CT molecular complexity index is 3180. The third-order valence-electron chi connectivity index (χ3n) is 18.3. The second-order valence-corrected chi connectivity index (χ2v) is 29.3. The molecule has 99 heavy (non-hydrogen) atoms. The van der Waals surface area contributed by atoms with Gasteiger partial charge in [0.2, 0.25) is 70.5 Å². The van der Waals surface area contributed by atoms with Crippen molar-refractivity contribution in [2.75, 3.05) is 63.0 Å². The number of methoxy groups -OCH3 is 1. The van der Waals surface area contributed by atoms with E-state index in [1.165, 1.54) is 87.7 Å². The molecule has 12 atom stereocenters. The number of fused-ring (bicyclic) bond motifs is 1. The first-order valence-electron chi connectivity index (χ1n) is 34.9. The van der Waals surface area contributed by atoms with E-state index in [9.17, 15) is 53.1 Å². The van der Waals surface area contributed by atoms with Crippen LogP contribution in [0.25, 0.3) is 10.9 Å². The Balaban J connectivity index is 0.00000208. The number of carbonyl (C=O) groups excluding carboxylic acids is 11. The molecule has 2 aromatic rings. The zero-order chi connectivity index (χ0) is 76.1. The number of likely N-dealkylation sites (N-methyl/N-ethyl adjacent to an activating group) is 7. The number of para-hydroxylation sites is 1. The molecule has 0 aliphatic carbocycles. The largest absolute Gasteiger partial charge is 0.495 e. The van der Waals surface area contributed by atoms with Gasteiger partial charge in [0.25, 0.3) is 0 Å². The van der Waals surface area contributed by atoms with Gasteiger partial charge in [-0.3, -0.25) is 57.5 Å². The average Bonchev–Trinajstić information content (AvgIpc) is 0.812. The summed E-state index contributed by atoms with van der Waals surface area (Å²) in [5.41, 5.74) is 1.63. The Morgan fingerprint density at radius 1 is 0.535 bits per heavy atom. The van der Waals surface area contributed by atoms with E-state index in [1.807, 2.05) is 86.6 Å². The van der Waals surface area contributed by atoms with Crippen LogP contribution < -0.4 is 31.6 Å². The number of pyridine rings is 1. The van der Waals surface area contributed by atoms with Gasteiger partial charge in [-0.1, -0.05) is 121 Å². The average molecular weight is 1390 g/mol. The number of hydrogen-bond donors (Lipinski definition) is 6. The highest BCUT2D eigenvalue weighted by molar-refractivity contribution is 6.00. The van der Waals surface area contributed by atoms with Crippen LogP contribution in [-0.2, 0) is 52.7 Å². The monoisotopic (exact) mass is 1390 g/mol. The van der Waals surface area contributed by atoms with Crippen molar-refractivity contribution >= 4 is 75.9 Å². The summed E-state index contributed by atoms with van der Waals surface area (Å²) in [6, 6.07) is -5.04. The number of benzene rings is 1. The summed E-state index contributed by atoms with van der Waals surface area (Å²) >= 11 is 0. The van der Waals surface area contributed by atoms with Crippen LogP contribution in [0.3, 0.4) is 0 Å². The lowest BCUT2D eigenvalue weighted by atomic mass is 9.91. The van der Waals surface area contributed by atoms with Crippen LogP contribution in [0.5, 0.6) is 5.75 Å². The van der Waals surface area contributed by atoms with Crippen molar-refractivity contribution in [3.05, 3.63) is 52.3 Å². The Hall–Kier alpha value is -7.90. The van der Waals surface area contributed by atoms with Crippen LogP contribution in [0.1, 0.15) is 162 Å². The molecule has 2 heterocycles. The molecule has 6 N–H and O–H groups in total. The van der Waals surface area contributed by atoms with E-state index in [4.69, 9.17) is 4.74 Å². The number of aryl methyl sites for hydroxylation is 1. The summed E-state index contributed by atoms with van der Waals surface area (Å²) in [6.07, 6.45) is 3.04. The molecule has 0 radical (unpaired) electrons. The minimum Gasteiger partial charge on any atom is -0.495 e. The Morgan fingerprint density at radius 3 is 1.48 bits per heavy atom. The molecule has 11 amide bonds. The number of hydrogen-bond acceptors (Lipinski definition) is 14. The Labute approximate surface area is 588 Å². The predicted molar refractivity (Wildman–Crippen MR) is 384 cm³/mol. The minimum atomic E-state index is -1.61. The first-order valence-corrected chi connectivity index (χ1v) is 34.9. The van der Waals surface area contributed by atoms with Crippen molar-refractivity contribution in [1.29, 1.82) is 0 Å². The molecule has 558 valence electrons. The van der Waals surface area contributed by atoms with E-state index < -0.39 is 156 Å². The first kappa shape index (κ1) is 87.2. The van der Waals surface area contributed by atoms with Crippen LogP contribution in [0.4, 0.5) is 0 Å². The molecule has 1 aliphatic rings. The van der Waals surface area contributed by atoms with Crippen molar-refractivity contribution in [3.8, 4) is 5.75 Å². The summed E-state index contributed by atoms with van der Waals surface area (Å²) < 4.78 is 5.17. The van der Waals surface area contributed by atoms with Gasteiger partial charge in [-0.05, 0) is 119 Å². The van der Waals surface area contributed by atoms with Gasteiger partial charge in [0.1, 0.15) is 66.2 Å². The van der Waals surface area contributed by atoms with Crippen molar-refractivity contribution < 1.29 is 62.6 Å². The third kappa shape index (κ3) is 24.2. The van der Waals surface area contributed by atoms with Gasteiger partial charge in [0, 0.05) is 60.8 Å². The number of allylic oxidation sites excluding steroid dienone is 2. The predicted octanol–water partition coefficient (Wildman–Crippen LogP) is 5.11. The van der Waals surface area contributed by atoms with Gasteiger partial charge in [0.15, 0.2) is 0 Å². The van der Waals surface area contributed by atoms with Crippen molar-refractivity contribution in [3.63, 3.8) is 0 Å². The molecule has 0 saturated carbocycles. The fourth-order valence-corrected chi connectivity index (χ4v) is 12.3. The number of ether oxygens (including phenoxy) is 1. The lowest BCUT2D eigenvalue weighted by Gasteiger charge is -2.41. The molecule has 1 aliphatic heterocycles. The standard InChI is InChI=1S/C62H111N11O12.C11H11NO2/c1-25-27-28-40(15)52(75)51-56(79)65-43(26-2)58(81)67(18)33-48(74)68(19)44(29-34(3)4)55(78)66-49(38(11)12)61(84)69(20)45(30-35(5)6)54(77)63-41(16)53(76)64-42(17)57(80)70(21)46(31-36(7)8)59(82)71(22)47(32-37(9)10)60(83)72(23)50(39(13)14)62(85)73(51)24;1-7-6-10(13)12-11-8(7)4-3-5-9(11)14-2/h25,27,34-47,49-52,75H,26,28-33H2,1-24H3,(H,63,77)(H,64,76)(H,65,79)(H,66,78);3-6H,1-2H3,(H,12,13). The normalized spacial score (nSPS) is 24.6. The van der Waals surface area contributed by atoms with Gasteiger partial charge in [0.05, 0.1) is 25.3 Å². The second kappa shape index (κ2) is 39.8. The lowest BCUT2D eigenvalue weighted by Crippen LogP contribution is -2.63. The Morgan fingerprint density at radius 2 is 1.00 bits per heavy atom. The fourth-order valence-electron chi connectivity index (χ4n) is 12.3. The van der Waals surface area contributed by atoms with Gasteiger partial charge in [-0.15, -0.1) is 0 Å². The molecule has 12 unspecified atom stereocenters. The number of rotatable bonds is 16. The zero-order valence-corrected chi connectivity index (χ0v) is 64.2. The smallest absolute Gasteiger partial charge is 0.248 e. The molecule has 1 saturated heterocycles. The SMILES string of the molecule is CC=CCC(C)C(O)C1C(=O)NC(CC)C(=O)N(C)CC(=O)N(C)C(CC(C)C)C(=O)NC(C(C)C)C(=O)N(C)C(CC(C)C)C(=O)NC(C)C(=O)NC(C)C(=O)N(C)C(CC(C)C)C(=O)N(C)C(CC(C)C)C(=O)N(C)C(C(C)C)C(=O)N1C.COc1cccc2c(C)cc(=O)[nH]c12. The number of carbonyl (C=O) groups is 11. The highest BCUT2D eigenvalue weighted by atomic mass is 16.5. The maximum Gasteiger partial charge on any atom is 0.248 e. The van der Waals surface area contributed by atoms with Gasteiger partial charge in [-0.2, -0.15) is 0 Å². The molecule has 0 spiro atoms. The molecular weight excluding hydrogens is 1270 g/mol. The summed E-state index contributed by atoms with van der Waals surface area (Å²) in [5, 5.41) is 24.1. The molecule has 1 fully saturated rings. The van der Waals surface area contributed by atoms with Crippen LogP contribution in [0, 0.1) is 48.3 Å². The second-order valence-electron chi connectivity index (χ2n) is 29.3. The number of amides is 11. The van der Waals surface area contributed by atoms with Gasteiger partial charge < -0.3 is 70.4 Å². The van der Waals surface area contributed by atoms with Crippen LogP contribution in [0.2, 0.25) is 0 Å². The number of aromatic amines is 1. The highest BCUT2D eigenvalue weighted by Crippen LogP contribution is 2.27. The number of aliphatic hydroxyl groups excluding tert-OH is 1. The maximum absolute atomic E-state index is 15.1. The summed E-state index contributed by atoms with van der Waals surface area (Å²) in [4.78, 5) is 183. The van der Waals surface area contributed by atoms with E-state index in [-0.39, 0.29) is 61.3 Å². The molecular formula is C73H122N12O14. The highest BCUT2D eigenvalue weighted by Gasteiger charge is 2.46. The Kier molecular flexibility index (Phi) is 35.0. The number of nitrogens with one attached hydrogen (secondary N) is 5. The van der Waals surface area contributed by atoms with E-state index in [0.717, 1.165) is 26.3 Å². The van der Waals surface area contributed by atoms with E-state index in [0.29, 0.717) is 12.2 Å². The number of nitrogens with zero attached hydrogens (tertiary/aromatic N) is 7. The fraction of sp³-hybridized carbons (Fsp3) is 0.699. The lowest BCUT2D eigenvalue weighted by molar-refractivity contribution is -0.157. The number of H-pyrrole nitrogens is 1. The van der Waals surface area contributed by atoms with Crippen molar-refractivity contribution in [2.24, 2.45) is 41.4 Å². The molecule has 1 aromatic carbocycles. The van der Waals surface area contributed by atoms with Crippen molar-refractivity contribution in [1.82, 2.24) is 60.6 Å². The number of aliphatic hydroxyl groups is 1. The van der Waals surface area contributed by atoms with E-state index in [2.05, 4.69) is 26.3 Å². The van der Waals surface area contributed by atoms with Crippen LogP contribution in [0.15, 0.2) is 41.2 Å². The molecule has 3 rings (SSSR count). The molecule has 26 nitrogen and oxygen atoms in total. The van der Waals surface area contributed by atoms with E-state index in [1.54, 1.807) is 67.7 Å². The summed E-state index contributed by atoms with van der Waals surface area (Å²) in [6.45, 7) is 31.2. The van der Waals surface area contributed by atoms with E-state index >= 15 is 9.59 Å². The third-order valence-corrected chi connectivity index (χ3v) is 18.3. The minimum absolute atomic E-state index is 0.0229. The molecule has 1 aromatic heterocycles. The van der Waals surface area contributed by atoms with Gasteiger partial charge in [-0.25, -0.2) is 0 Å². The van der Waals surface area contributed by atoms with Gasteiger partial charge >= 0.3 is 0 Å². The molecule has 26 heteroatoms. The summed E-state index contributed by atoms with van der Waals surface area (Å²) in [7, 11) is 11.5. The number of aromatic nitrogens is 1. The van der Waals surface area contributed by atoms with Crippen molar-refractivity contribution in [2.45, 2.75) is 230 Å². The summed E-state index contributed by atoms with van der Waals surface area (Å²) in [5.74, 6) is -9.01. The quantitative estimate of drug-likeness (QED) is 0.119. The van der Waals surface area contributed by atoms with Crippen LogP contribution in [-0.4, -0.2) is 239 Å². The maximum atomic E-state index is 15.1.